The fourth-order valence-electron chi connectivity index (χ4n) is 6.75. The van der Waals surface area contributed by atoms with Gasteiger partial charge in [-0.3, -0.25) is 18.6 Å². The van der Waals surface area contributed by atoms with Gasteiger partial charge in [-0.05, 0) is 51.4 Å². The number of hydrogen-bond donors (Lipinski definition) is 6. The predicted molar refractivity (Wildman–Crippen MR) is 252 cm³/mol. The second-order valence-electron chi connectivity index (χ2n) is 16.5. The molecule has 15 heteroatoms. The lowest BCUT2D eigenvalue weighted by molar-refractivity contribution is -0.317. The van der Waals surface area contributed by atoms with Gasteiger partial charge in [-0.2, -0.15) is 0 Å². The molecular formula is C49H86NO13P. The summed E-state index contributed by atoms with van der Waals surface area (Å²) in [6.07, 6.45) is 39.5. The Labute approximate surface area is 385 Å². The Kier molecular flexibility index (Phi) is 36.9. The van der Waals surface area contributed by atoms with Crippen LogP contribution in [-0.4, -0.2) is 107 Å². The van der Waals surface area contributed by atoms with Gasteiger partial charge in [0.2, 0.25) is 5.79 Å². The van der Waals surface area contributed by atoms with Crippen LogP contribution in [0.1, 0.15) is 168 Å². The average Bonchev–Trinajstić information content (AvgIpc) is 3.27. The molecule has 1 unspecified atom stereocenters. The smallest absolute Gasteiger partial charge is 0.462 e. The lowest BCUT2D eigenvalue weighted by Gasteiger charge is -2.41. The third kappa shape index (κ3) is 33.1. The molecule has 1 rings (SSSR count). The number of esters is 2. The molecule has 0 amide bonds. The van der Waals surface area contributed by atoms with Gasteiger partial charge in [0, 0.05) is 19.4 Å². The normalized spacial score (nSPS) is 20.9. The molecule has 1 saturated heterocycles. The molecule has 0 aromatic heterocycles. The average molecular weight is 928 g/mol. The van der Waals surface area contributed by atoms with Gasteiger partial charge in [0.25, 0.3) is 0 Å². The van der Waals surface area contributed by atoms with Gasteiger partial charge in [-0.1, -0.05) is 164 Å². The predicted octanol–water partition coefficient (Wildman–Crippen LogP) is 9.15. The number of hydrogen-bond acceptors (Lipinski definition) is 13. The largest absolute Gasteiger partial charge is 0.472 e. The Morgan fingerprint density at radius 2 is 1.19 bits per heavy atom. The minimum absolute atomic E-state index is 0.0809. The van der Waals surface area contributed by atoms with Crippen molar-refractivity contribution in [1.29, 1.82) is 0 Å². The van der Waals surface area contributed by atoms with E-state index in [0.717, 1.165) is 51.4 Å². The van der Waals surface area contributed by atoms with E-state index in [-0.39, 0.29) is 39.1 Å². The second kappa shape index (κ2) is 39.7. The number of aliphatic hydroxyl groups is 4. The Morgan fingerprint density at radius 3 is 1.73 bits per heavy atom. The molecule has 370 valence electrons. The fraction of sp³-hybridized carbons (Fsp3) is 0.755. The van der Waals surface area contributed by atoms with Gasteiger partial charge in [0.05, 0.1) is 26.4 Å². The van der Waals surface area contributed by atoms with E-state index in [9.17, 15) is 39.5 Å². The summed E-state index contributed by atoms with van der Waals surface area (Å²) in [7, 11) is -4.67. The molecule has 6 N–H and O–H groups in total. The molecule has 0 aromatic carbocycles. The zero-order valence-corrected chi connectivity index (χ0v) is 40.1. The summed E-state index contributed by atoms with van der Waals surface area (Å²) in [5.41, 5.74) is 0. The van der Waals surface area contributed by atoms with Crippen molar-refractivity contribution in [1.82, 2.24) is 5.32 Å². The van der Waals surface area contributed by atoms with Crippen LogP contribution in [0.15, 0.2) is 60.8 Å². The van der Waals surface area contributed by atoms with Gasteiger partial charge in [0.15, 0.2) is 6.10 Å². The number of nitrogens with one attached hydrogen (secondary N) is 1. The van der Waals surface area contributed by atoms with E-state index in [0.29, 0.717) is 19.3 Å². The maximum absolute atomic E-state index is 12.8. The zero-order valence-electron chi connectivity index (χ0n) is 39.2. The Bertz CT molecular complexity index is 1370. The standard InChI is InChI=1S/C49H86NO13P/c1-3-5-7-9-11-13-15-17-19-20-22-24-26-28-30-32-34-36-46(53)63-43(39-59-45(52)35-33-31-29-27-25-23-21-18-16-14-12-10-8-6-4-2)40-62-64(57,58)61-38-37-50-42-49(56)48(55)47(54)44(51)41-60-49/h5,7,11,13,17,19,22,24,28,30,43-44,47-48,50-51,54-56H,3-4,6,8-10,12,14-16,18,20-21,23,25-27,29,31-42H2,1-2H3,(H,57,58)/b7-5-,13-11-,19-17-,24-22-,30-28-/t43-,44-,47-,48+,49-/m1/s1. The SMILES string of the molecule is CC/C=C\C/C=C\C/C=C\C/C=C\C/C=C\CCCC(=O)O[C@H](COC(=O)CCCCCCCCCCCCCCCCC)COP(=O)(O)OCCNC[C@@]1(O)OC[C@@H](O)[C@@H](O)[C@@H]1O. The van der Waals surface area contributed by atoms with Crippen molar-refractivity contribution in [3.8, 4) is 0 Å². The maximum Gasteiger partial charge on any atom is 0.472 e. The number of carbonyl (C=O) groups excluding carboxylic acids is 2. The number of unbranched alkanes of at least 4 members (excludes halogenated alkanes) is 15. The minimum Gasteiger partial charge on any atom is -0.462 e. The van der Waals surface area contributed by atoms with Crippen LogP contribution in [0.3, 0.4) is 0 Å². The molecule has 1 fully saturated rings. The highest BCUT2D eigenvalue weighted by atomic mass is 31.2. The van der Waals surface area contributed by atoms with Crippen LogP contribution in [0, 0.1) is 0 Å². The van der Waals surface area contributed by atoms with Crippen LogP contribution in [0.5, 0.6) is 0 Å². The quantitative estimate of drug-likeness (QED) is 0.0146. The molecule has 14 nitrogen and oxygen atoms in total. The summed E-state index contributed by atoms with van der Waals surface area (Å²) in [6.45, 7) is 2.17. The van der Waals surface area contributed by atoms with Crippen LogP contribution >= 0.6 is 7.82 Å². The fourth-order valence-corrected chi connectivity index (χ4v) is 7.51. The molecule has 0 radical (unpaired) electrons. The first-order chi connectivity index (χ1) is 30.9. The van der Waals surface area contributed by atoms with Crippen LogP contribution in [-0.2, 0) is 37.4 Å². The van der Waals surface area contributed by atoms with Crippen LogP contribution in [0.25, 0.3) is 0 Å². The van der Waals surface area contributed by atoms with E-state index >= 15 is 0 Å². The second-order valence-corrected chi connectivity index (χ2v) is 18.0. The Balaban J connectivity index is 2.46. The molecule has 0 saturated carbocycles. The first-order valence-corrected chi connectivity index (χ1v) is 25.8. The van der Waals surface area contributed by atoms with Crippen molar-refractivity contribution >= 4 is 19.8 Å². The first-order valence-electron chi connectivity index (χ1n) is 24.3. The molecule has 64 heavy (non-hydrogen) atoms. The number of ether oxygens (including phenoxy) is 3. The number of carbonyl (C=O) groups is 2. The zero-order chi connectivity index (χ0) is 47.0. The van der Waals surface area contributed by atoms with Crippen molar-refractivity contribution in [3.63, 3.8) is 0 Å². The highest BCUT2D eigenvalue weighted by molar-refractivity contribution is 7.47. The summed E-state index contributed by atoms with van der Waals surface area (Å²) in [5, 5.41) is 42.7. The van der Waals surface area contributed by atoms with Crippen molar-refractivity contribution in [2.45, 2.75) is 198 Å². The van der Waals surface area contributed by atoms with Crippen LogP contribution in [0.4, 0.5) is 0 Å². The third-order valence-electron chi connectivity index (χ3n) is 10.6. The first kappa shape index (κ1) is 59.5. The van der Waals surface area contributed by atoms with Crippen LogP contribution in [0.2, 0.25) is 0 Å². The number of rotatable bonds is 41. The van der Waals surface area contributed by atoms with Gasteiger partial charge in [0.1, 0.15) is 24.9 Å². The minimum atomic E-state index is -4.67. The van der Waals surface area contributed by atoms with Crippen molar-refractivity contribution < 1.29 is 62.7 Å². The molecule has 0 aromatic rings. The highest BCUT2D eigenvalue weighted by Gasteiger charge is 2.48. The summed E-state index contributed by atoms with van der Waals surface area (Å²) >= 11 is 0. The summed E-state index contributed by atoms with van der Waals surface area (Å²) in [6, 6.07) is 0. The van der Waals surface area contributed by atoms with Gasteiger partial charge < -0.3 is 44.8 Å². The molecule has 1 heterocycles. The molecule has 1 aliphatic rings. The van der Waals surface area contributed by atoms with Gasteiger partial charge >= 0.3 is 19.8 Å². The molecule has 0 spiro atoms. The number of phosphoric ester groups is 1. The number of aliphatic hydroxyl groups excluding tert-OH is 3. The summed E-state index contributed by atoms with van der Waals surface area (Å²) in [4.78, 5) is 35.6. The lowest BCUT2D eigenvalue weighted by atomic mass is 9.97. The summed E-state index contributed by atoms with van der Waals surface area (Å²) in [5.74, 6) is -3.23. The van der Waals surface area contributed by atoms with E-state index in [1.165, 1.54) is 70.6 Å². The van der Waals surface area contributed by atoms with E-state index in [1.54, 1.807) is 0 Å². The summed E-state index contributed by atoms with van der Waals surface area (Å²) < 4.78 is 38.7. The van der Waals surface area contributed by atoms with Gasteiger partial charge in [-0.15, -0.1) is 0 Å². The van der Waals surface area contributed by atoms with E-state index < -0.39 is 63.2 Å². The van der Waals surface area contributed by atoms with E-state index in [1.807, 2.05) is 12.2 Å². The molecular weight excluding hydrogens is 842 g/mol. The molecule has 1 aliphatic heterocycles. The Hall–Kier alpha value is -2.49. The van der Waals surface area contributed by atoms with Crippen molar-refractivity contribution in [2.75, 3.05) is 39.5 Å². The molecule has 6 atom stereocenters. The highest BCUT2D eigenvalue weighted by Crippen LogP contribution is 2.43. The Morgan fingerprint density at radius 1 is 0.688 bits per heavy atom. The third-order valence-corrected chi connectivity index (χ3v) is 11.6. The van der Waals surface area contributed by atoms with E-state index in [4.69, 9.17) is 23.3 Å². The monoisotopic (exact) mass is 928 g/mol. The molecule has 0 bridgehead atoms. The topological polar surface area (TPSA) is 211 Å². The maximum atomic E-state index is 12.8. The lowest BCUT2D eigenvalue weighted by Crippen LogP contribution is -2.64. The molecule has 0 aliphatic carbocycles. The van der Waals surface area contributed by atoms with E-state index in [2.05, 4.69) is 67.8 Å². The van der Waals surface area contributed by atoms with Crippen LogP contribution < -0.4 is 5.32 Å². The number of allylic oxidation sites excluding steroid dienone is 10. The van der Waals surface area contributed by atoms with Crippen molar-refractivity contribution in [2.24, 2.45) is 0 Å². The number of phosphoric acid groups is 1. The van der Waals surface area contributed by atoms with Gasteiger partial charge in [-0.25, -0.2) is 4.57 Å². The van der Waals surface area contributed by atoms with Crippen molar-refractivity contribution in [3.05, 3.63) is 60.8 Å².